The average molecular weight is 393 g/mol. The fourth-order valence-corrected chi connectivity index (χ4v) is 3.44. The van der Waals surface area contributed by atoms with Crippen molar-refractivity contribution in [1.29, 1.82) is 0 Å². The first-order valence-electron chi connectivity index (χ1n) is 7.80. The van der Waals surface area contributed by atoms with Gasteiger partial charge in [-0.1, -0.05) is 11.3 Å². The van der Waals surface area contributed by atoms with Crippen molar-refractivity contribution in [2.45, 2.75) is 13.0 Å². The molecule has 1 aliphatic heterocycles. The van der Waals surface area contributed by atoms with Crippen LogP contribution in [0.1, 0.15) is 21.7 Å². The van der Waals surface area contributed by atoms with Gasteiger partial charge >= 0.3 is 0 Å². The topological polar surface area (TPSA) is 105 Å². The van der Waals surface area contributed by atoms with E-state index in [-0.39, 0.29) is 18.3 Å². The highest BCUT2D eigenvalue weighted by Crippen LogP contribution is 2.28. The van der Waals surface area contributed by atoms with Gasteiger partial charge in [0.1, 0.15) is 10.8 Å². The van der Waals surface area contributed by atoms with Gasteiger partial charge in [-0.3, -0.25) is 15.2 Å². The molecule has 136 valence electrons. The van der Waals surface area contributed by atoms with Crippen molar-refractivity contribution >= 4 is 34.8 Å². The number of benzene rings is 1. The van der Waals surface area contributed by atoms with Gasteiger partial charge in [0, 0.05) is 36.3 Å². The largest absolute Gasteiger partial charge is 0.497 e. The number of carbonyl (C=O) groups excluding carboxylic acids is 1. The van der Waals surface area contributed by atoms with Crippen LogP contribution in [0.3, 0.4) is 0 Å². The Labute approximate surface area is 159 Å². The zero-order valence-electron chi connectivity index (χ0n) is 13.9. The summed E-state index contributed by atoms with van der Waals surface area (Å²) in [6.45, 7) is 1.53. The first kappa shape index (κ1) is 18.3. The van der Waals surface area contributed by atoms with Gasteiger partial charge in [-0.2, -0.15) is 5.10 Å². The van der Waals surface area contributed by atoms with Gasteiger partial charge in [-0.05, 0) is 24.3 Å². The third kappa shape index (κ3) is 3.55. The predicted molar refractivity (Wildman–Crippen MR) is 101 cm³/mol. The van der Waals surface area contributed by atoms with E-state index in [9.17, 15) is 4.79 Å². The number of H-pyrrole nitrogens is 1. The number of aromatic amines is 1. The molecule has 0 bridgehead atoms. The molecule has 0 radical (unpaired) electrons. The molecule has 3 heterocycles. The summed E-state index contributed by atoms with van der Waals surface area (Å²) in [6, 6.07) is 7.53. The standard InChI is InChI=1S/C16H16N6O2S.ClH/c1-24-10-4-2-9(3-5-10)15-21-22-16(25-15)18-14(23)13-11-8-17-7-6-12(11)19-20-13;/h2-5,17H,6-8H2,1H3,(H,19,20)(H,18,22,23);1H. The normalized spacial score (nSPS) is 12.8. The van der Waals surface area contributed by atoms with E-state index in [0.29, 0.717) is 17.4 Å². The van der Waals surface area contributed by atoms with Crippen molar-refractivity contribution in [3.63, 3.8) is 0 Å². The lowest BCUT2D eigenvalue weighted by Gasteiger charge is -2.12. The van der Waals surface area contributed by atoms with E-state index in [0.717, 1.165) is 40.5 Å². The Morgan fingerprint density at radius 2 is 2.08 bits per heavy atom. The second kappa shape index (κ2) is 7.81. The van der Waals surface area contributed by atoms with Crippen molar-refractivity contribution in [1.82, 2.24) is 25.7 Å². The van der Waals surface area contributed by atoms with Crippen molar-refractivity contribution in [3.8, 4) is 16.3 Å². The number of anilines is 1. The van der Waals surface area contributed by atoms with Gasteiger partial charge in [0.2, 0.25) is 5.13 Å². The Morgan fingerprint density at radius 3 is 2.85 bits per heavy atom. The van der Waals surface area contributed by atoms with Gasteiger partial charge in [0.05, 0.1) is 7.11 Å². The van der Waals surface area contributed by atoms with Crippen LogP contribution >= 0.6 is 23.7 Å². The maximum atomic E-state index is 12.5. The molecule has 1 amide bonds. The molecule has 0 atom stereocenters. The minimum Gasteiger partial charge on any atom is -0.497 e. The molecular formula is C16H17ClN6O2S. The van der Waals surface area contributed by atoms with Gasteiger partial charge < -0.3 is 10.1 Å². The fraction of sp³-hybridized carbons (Fsp3) is 0.250. The zero-order chi connectivity index (χ0) is 17.2. The van der Waals surface area contributed by atoms with Crippen LogP contribution in [0, 0.1) is 0 Å². The Balaban J connectivity index is 0.00000196. The molecule has 3 N–H and O–H groups in total. The lowest BCUT2D eigenvalue weighted by molar-refractivity contribution is 0.102. The number of fused-ring (bicyclic) bond motifs is 1. The molecule has 3 aromatic rings. The van der Waals surface area contributed by atoms with Crippen LogP contribution in [-0.2, 0) is 13.0 Å². The van der Waals surface area contributed by atoms with Crippen molar-refractivity contribution in [2.75, 3.05) is 19.0 Å². The van der Waals surface area contributed by atoms with Gasteiger partial charge in [0.25, 0.3) is 5.91 Å². The molecule has 8 nitrogen and oxygen atoms in total. The minimum absolute atomic E-state index is 0. The van der Waals surface area contributed by atoms with Crippen LogP contribution in [-0.4, -0.2) is 40.0 Å². The van der Waals surface area contributed by atoms with E-state index >= 15 is 0 Å². The summed E-state index contributed by atoms with van der Waals surface area (Å²) in [6.07, 6.45) is 0.843. The summed E-state index contributed by atoms with van der Waals surface area (Å²) in [5, 5.41) is 22.5. The number of halogens is 1. The third-order valence-corrected chi connectivity index (χ3v) is 4.89. The Bertz CT molecular complexity index is 908. The van der Waals surface area contributed by atoms with Crippen molar-refractivity contribution in [3.05, 3.63) is 41.2 Å². The molecule has 26 heavy (non-hydrogen) atoms. The van der Waals surface area contributed by atoms with Crippen LogP contribution in [0.2, 0.25) is 0 Å². The number of nitrogens with zero attached hydrogens (tertiary/aromatic N) is 3. The number of methoxy groups -OCH3 is 1. The molecule has 0 fully saturated rings. The second-order valence-electron chi connectivity index (χ2n) is 5.55. The van der Waals surface area contributed by atoms with Crippen LogP contribution in [0.25, 0.3) is 10.6 Å². The van der Waals surface area contributed by atoms with E-state index in [2.05, 4.69) is 31.0 Å². The molecule has 1 aromatic carbocycles. The van der Waals surface area contributed by atoms with Crippen LogP contribution < -0.4 is 15.4 Å². The molecule has 0 saturated heterocycles. The highest BCUT2D eigenvalue weighted by atomic mass is 35.5. The highest BCUT2D eigenvalue weighted by molar-refractivity contribution is 7.18. The summed E-state index contributed by atoms with van der Waals surface area (Å²) < 4.78 is 5.15. The number of hydrogen-bond donors (Lipinski definition) is 3. The molecule has 0 unspecified atom stereocenters. The van der Waals surface area contributed by atoms with E-state index in [4.69, 9.17) is 4.74 Å². The second-order valence-corrected chi connectivity index (χ2v) is 6.53. The number of rotatable bonds is 4. The molecule has 0 saturated carbocycles. The maximum Gasteiger partial charge on any atom is 0.278 e. The monoisotopic (exact) mass is 392 g/mol. The number of ether oxygens (including phenoxy) is 1. The van der Waals surface area contributed by atoms with E-state index < -0.39 is 0 Å². The number of nitrogens with one attached hydrogen (secondary N) is 3. The van der Waals surface area contributed by atoms with Crippen molar-refractivity contribution < 1.29 is 9.53 Å². The molecular weight excluding hydrogens is 376 g/mol. The summed E-state index contributed by atoms with van der Waals surface area (Å²) in [7, 11) is 1.62. The fourth-order valence-electron chi connectivity index (χ4n) is 2.69. The number of aromatic nitrogens is 4. The molecule has 10 heteroatoms. The summed E-state index contributed by atoms with van der Waals surface area (Å²) in [5.41, 5.74) is 3.26. The average Bonchev–Trinajstić information content (AvgIpc) is 3.28. The smallest absolute Gasteiger partial charge is 0.278 e. The predicted octanol–water partition coefficient (Wildman–Crippen LogP) is 2.26. The highest BCUT2D eigenvalue weighted by Gasteiger charge is 2.22. The van der Waals surface area contributed by atoms with E-state index in [1.54, 1.807) is 7.11 Å². The SMILES string of the molecule is COc1ccc(-c2nnc(NC(=O)c3n[nH]c4c3CNCC4)s2)cc1.Cl. The van der Waals surface area contributed by atoms with Crippen LogP contribution in [0.15, 0.2) is 24.3 Å². The van der Waals surface area contributed by atoms with Crippen LogP contribution in [0.4, 0.5) is 5.13 Å². The van der Waals surface area contributed by atoms with Gasteiger partial charge in [-0.25, -0.2) is 0 Å². The number of carbonyl (C=O) groups is 1. The summed E-state index contributed by atoms with van der Waals surface area (Å²) in [5.74, 6) is 0.498. The third-order valence-electron chi connectivity index (χ3n) is 4.00. The van der Waals surface area contributed by atoms with Crippen molar-refractivity contribution in [2.24, 2.45) is 0 Å². The van der Waals surface area contributed by atoms with E-state index in [1.807, 2.05) is 24.3 Å². The van der Waals surface area contributed by atoms with Crippen LogP contribution in [0.5, 0.6) is 5.75 Å². The van der Waals surface area contributed by atoms with E-state index in [1.165, 1.54) is 11.3 Å². The van der Waals surface area contributed by atoms with Gasteiger partial charge in [0.15, 0.2) is 5.69 Å². The molecule has 2 aromatic heterocycles. The minimum atomic E-state index is -0.279. The summed E-state index contributed by atoms with van der Waals surface area (Å²) >= 11 is 1.31. The summed E-state index contributed by atoms with van der Waals surface area (Å²) in [4.78, 5) is 12.5. The first-order chi connectivity index (χ1) is 12.2. The molecule has 4 rings (SSSR count). The maximum absolute atomic E-state index is 12.5. The molecule has 1 aliphatic rings. The Hall–Kier alpha value is -2.49. The number of amides is 1. The van der Waals surface area contributed by atoms with Gasteiger partial charge in [-0.15, -0.1) is 22.6 Å². The first-order valence-corrected chi connectivity index (χ1v) is 8.62. The zero-order valence-corrected chi connectivity index (χ0v) is 15.5. The number of hydrogen-bond acceptors (Lipinski definition) is 7. The Kier molecular flexibility index (Phi) is 5.50. The Morgan fingerprint density at radius 1 is 1.27 bits per heavy atom. The molecule has 0 spiro atoms. The molecule has 0 aliphatic carbocycles. The lowest BCUT2D eigenvalue weighted by Crippen LogP contribution is -2.25. The quantitative estimate of drug-likeness (QED) is 0.629. The lowest BCUT2D eigenvalue weighted by atomic mass is 10.1.